The first-order valence-electron chi connectivity index (χ1n) is 10.4. The van der Waals surface area contributed by atoms with Crippen molar-refractivity contribution in [2.45, 2.75) is 25.0 Å². The molecule has 0 radical (unpaired) electrons. The van der Waals surface area contributed by atoms with Crippen molar-refractivity contribution >= 4 is 0 Å². The Balaban J connectivity index is 1.79. The lowest BCUT2D eigenvalue weighted by molar-refractivity contribution is 0.0132. The minimum atomic E-state index is -1.16. The van der Waals surface area contributed by atoms with Gasteiger partial charge in [0.2, 0.25) is 0 Å². The molecule has 0 saturated heterocycles. The van der Waals surface area contributed by atoms with E-state index in [2.05, 4.69) is 17.0 Å². The average molecular weight is 408 g/mol. The first-order valence-corrected chi connectivity index (χ1v) is 10.4. The quantitative estimate of drug-likeness (QED) is 0.496. The van der Waals surface area contributed by atoms with E-state index >= 15 is 0 Å². The maximum absolute atomic E-state index is 14.4. The maximum Gasteiger partial charge on any atom is 0.126 e. The van der Waals surface area contributed by atoms with Crippen LogP contribution in [0.4, 0.5) is 4.39 Å². The van der Waals surface area contributed by atoms with Gasteiger partial charge in [0.15, 0.2) is 0 Å². The van der Waals surface area contributed by atoms with Crippen LogP contribution in [0.5, 0.6) is 0 Å². The van der Waals surface area contributed by atoms with Crippen molar-refractivity contribution in [1.82, 2.24) is 4.90 Å². The highest BCUT2D eigenvalue weighted by Crippen LogP contribution is 2.31. The van der Waals surface area contributed by atoms with Gasteiger partial charge in [0.25, 0.3) is 0 Å². The lowest BCUT2D eigenvalue weighted by Gasteiger charge is -2.32. The molecule has 3 rings (SSSR count). The first kappa shape index (κ1) is 22.2. The van der Waals surface area contributed by atoms with Crippen LogP contribution < -0.4 is 0 Å². The summed E-state index contributed by atoms with van der Waals surface area (Å²) in [5, 5.41) is 11.7. The zero-order valence-electron chi connectivity index (χ0n) is 17.5. The van der Waals surface area contributed by atoms with Gasteiger partial charge in [-0.2, -0.15) is 0 Å². The normalized spacial score (nSPS) is 13.3. The van der Waals surface area contributed by atoms with Gasteiger partial charge in [0.05, 0.1) is 12.2 Å². The van der Waals surface area contributed by atoms with Gasteiger partial charge in [0.1, 0.15) is 5.82 Å². The highest BCUT2D eigenvalue weighted by Gasteiger charge is 2.31. The molecule has 0 spiro atoms. The second-order valence-corrected chi connectivity index (χ2v) is 7.67. The van der Waals surface area contributed by atoms with Gasteiger partial charge in [-0.1, -0.05) is 78.9 Å². The molecule has 0 aliphatic heterocycles. The summed E-state index contributed by atoms with van der Waals surface area (Å²) in [6, 6.07) is 26.5. The topological polar surface area (TPSA) is 32.7 Å². The van der Waals surface area contributed by atoms with E-state index < -0.39 is 5.60 Å². The molecule has 0 aliphatic carbocycles. The van der Waals surface area contributed by atoms with E-state index in [0.29, 0.717) is 25.1 Å². The van der Waals surface area contributed by atoms with Crippen molar-refractivity contribution in [2.75, 3.05) is 26.8 Å². The Morgan fingerprint density at radius 1 is 0.867 bits per heavy atom. The van der Waals surface area contributed by atoms with Crippen LogP contribution in [0.2, 0.25) is 0 Å². The lowest BCUT2D eigenvalue weighted by Crippen LogP contribution is -2.36. The number of rotatable bonds is 11. The minimum absolute atomic E-state index is 0.229. The molecular weight excluding hydrogens is 377 g/mol. The van der Waals surface area contributed by atoms with Crippen LogP contribution in [0.3, 0.4) is 0 Å². The summed E-state index contributed by atoms with van der Waals surface area (Å²) >= 11 is 0. The number of nitrogens with zero attached hydrogens (tertiary/aromatic N) is 1. The molecule has 0 bridgehead atoms. The number of aliphatic hydroxyl groups is 1. The standard InChI is InChI=1S/C26H30FNO2/c1-30-19-18-28(21-22-10-4-2-5-11-22)17-16-26(29,24-13-6-3-7-14-24)20-23-12-8-9-15-25(23)27/h2-15,29H,16-21H2,1H3. The second-order valence-electron chi connectivity index (χ2n) is 7.67. The van der Waals surface area contributed by atoms with Crippen LogP contribution >= 0.6 is 0 Å². The molecule has 158 valence electrons. The average Bonchev–Trinajstić information content (AvgIpc) is 2.78. The Morgan fingerprint density at radius 3 is 2.17 bits per heavy atom. The summed E-state index contributed by atoms with van der Waals surface area (Å²) in [6.07, 6.45) is 0.717. The monoisotopic (exact) mass is 407 g/mol. The van der Waals surface area contributed by atoms with Gasteiger partial charge >= 0.3 is 0 Å². The van der Waals surface area contributed by atoms with Crippen LogP contribution in [-0.2, 0) is 23.3 Å². The fraction of sp³-hybridized carbons (Fsp3) is 0.308. The van der Waals surface area contributed by atoms with E-state index in [0.717, 1.165) is 18.7 Å². The zero-order valence-corrected chi connectivity index (χ0v) is 17.5. The molecule has 0 aromatic heterocycles. The van der Waals surface area contributed by atoms with Crippen molar-refractivity contribution in [2.24, 2.45) is 0 Å². The molecule has 0 aliphatic rings. The molecule has 0 saturated carbocycles. The third kappa shape index (κ3) is 6.23. The molecule has 1 unspecified atom stereocenters. The third-order valence-corrected chi connectivity index (χ3v) is 5.45. The molecule has 1 atom stereocenters. The van der Waals surface area contributed by atoms with E-state index in [1.54, 1.807) is 19.2 Å². The van der Waals surface area contributed by atoms with Gasteiger partial charge in [-0.25, -0.2) is 4.39 Å². The summed E-state index contributed by atoms with van der Waals surface area (Å²) in [7, 11) is 1.69. The van der Waals surface area contributed by atoms with Crippen LogP contribution in [-0.4, -0.2) is 36.8 Å². The molecule has 0 fully saturated rings. The summed E-state index contributed by atoms with van der Waals surface area (Å²) in [4.78, 5) is 2.27. The number of methoxy groups -OCH3 is 1. The lowest BCUT2D eigenvalue weighted by atomic mass is 9.84. The zero-order chi connectivity index (χ0) is 21.2. The van der Waals surface area contributed by atoms with Gasteiger partial charge in [-0.05, 0) is 29.2 Å². The molecule has 30 heavy (non-hydrogen) atoms. The fourth-order valence-electron chi connectivity index (χ4n) is 3.71. The molecule has 1 N–H and O–H groups in total. The largest absolute Gasteiger partial charge is 0.385 e. The highest BCUT2D eigenvalue weighted by molar-refractivity contribution is 5.27. The summed E-state index contributed by atoms with van der Waals surface area (Å²) in [5.41, 5.74) is 1.38. The number of hydrogen-bond donors (Lipinski definition) is 1. The molecule has 0 amide bonds. The molecule has 3 aromatic carbocycles. The van der Waals surface area contributed by atoms with Crippen molar-refractivity contribution < 1.29 is 14.2 Å². The Hall–Kier alpha value is -2.53. The predicted molar refractivity (Wildman–Crippen MR) is 119 cm³/mol. The molecule has 3 aromatic rings. The van der Waals surface area contributed by atoms with Gasteiger partial charge in [-0.3, -0.25) is 4.90 Å². The summed E-state index contributed by atoms with van der Waals surface area (Å²) in [6.45, 7) is 2.81. The molecule has 0 heterocycles. The Labute approximate surface area is 178 Å². The summed E-state index contributed by atoms with van der Waals surface area (Å²) < 4.78 is 19.6. The van der Waals surface area contributed by atoms with Gasteiger partial charge in [0, 0.05) is 33.2 Å². The van der Waals surface area contributed by atoms with Gasteiger partial charge in [-0.15, -0.1) is 0 Å². The van der Waals surface area contributed by atoms with Crippen LogP contribution in [0.1, 0.15) is 23.1 Å². The smallest absolute Gasteiger partial charge is 0.126 e. The fourth-order valence-corrected chi connectivity index (χ4v) is 3.71. The Bertz CT molecular complexity index is 888. The van der Waals surface area contributed by atoms with E-state index in [1.807, 2.05) is 54.6 Å². The number of halogens is 1. The minimum Gasteiger partial charge on any atom is -0.385 e. The maximum atomic E-state index is 14.4. The number of ether oxygens (including phenoxy) is 1. The van der Waals surface area contributed by atoms with E-state index in [4.69, 9.17) is 4.74 Å². The van der Waals surface area contributed by atoms with Crippen molar-refractivity contribution in [1.29, 1.82) is 0 Å². The first-order chi connectivity index (χ1) is 14.6. The number of benzene rings is 3. The third-order valence-electron chi connectivity index (χ3n) is 5.45. The van der Waals surface area contributed by atoms with E-state index in [9.17, 15) is 9.50 Å². The molecule has 3 nitrogen and oxygen atoms in total. The van der Waals surface area contributed by atoms with Crippen LogP contribution in [0, 0.1) is 5.82 Å². The second kappa shape index (κ2) is 11.0. The van der Waals surface area contributed by atoms with Crippen LogP contribution in [0.15, 0.2) is 84.9 Å². The van der Waals surface area contributed by atoms with Crippen LogP contribution in [0.25, 0.3) is 0 Å². The Kier molecular flexibility index (Phi) is 8.14. The van der Waals surface area contributed by atoms with Crippen molar-refractivity contribution in [3.8, 4) is 0 Å². The Morgan fingerprint density at radius 2 is 1.50 bits per heavy atom. The van der Waals surface area contributed by atoms with Crippen molar-refractivity contribution in [3.63, 3.8) is 0 Å². The molecular formula is C26H30FNO2. The van der Waals surface area contributed by atoms with Gasteiger partial charge < -0.3 is 9.84 Å². The molecule has 4 heteroatoms. The SMILES string of the molecule is COCCN(CCC(O)(Cc1ccccc1F)c1ccccc1)Cc1ccccc1. The highest BCUT2D eigenvalue weighted by atomic mass is 19.1. The summed E-state index contributed by atoms with van der Waals surface area (Å²) in [5.74, 6) is -0.285. The van der Waals surface area contributed by atoms with Crippen molar-refractivity contribution in [3.05, 3.63) is 107 Å². The van der Waals surface area contributed by atoms with E-state index in [-0.39, 0.29) is 12.2 Å². The predicted octanol–water partition coefficient (Wildman–Crippen LogP) is 4.79. The number of hydrogen-bond acceptors (Lipinski definition) is 3. The van der Waals surface area contributed by atoms with E-state index in [1.165, 1.54) is 11.6 Å².